The summed E-state index contributed by atoms with van der Waals surface area (Å²) in [6.07, 6.45) is 0. The first-order valence-corrected chi connectivity index (χ1v) is 11.0. The van der Waals surface area contributed by atoms with Gasteiger partial charge in [0.05, 0.1) is 5.69 Å². The Bertz CT molecular complexity index is 1220. The van der Waals surface area contributed by atoms with E-state index in [1.165, 1.54) is 0 Å². The van der Waals surface area contributed by atoms with E-state index >= 15 is 0 Å². The van der Waals surface area contributed by atoms with E-state index in [0.717, 1.165) is 38.9 Å². The molecule has 0 saturated carbocycles. The number of rotatable bonds is 7. The standard InChI is InChI=1S/C25H20N2O4S/c28-24(14-29-20-4-2-1-3-5-20)26-13-17-6-8-18(9-7-17)25-27-21(15-32-25)19-10-11-22-23(12-19)31-16-30-22/h1-12,15H,13-14,16H2,(H,26,28). The number of carbonyl (C=O) groups is 1. The largest absolute Gasteiger partial charge is 0.484 e. The minimum Gasteiger partial charge on any atom is -0.484 e. The quantitative estimate of drug-likeness (QED) is 0.439. The van der Waals surface area contributed by atoms with Crippen molar-refractivity contribution in [2.45, 2.75) is 6.54 Å². The Labute approximate surface area is 189 Å². The third-order valence-electron chi connectivity index (χ3n) is 4.98. The van der Waals surface area contributed by atoms with E-state index in [9.17, 15) is 4.79 Å². The van der Waals surface area contributed by atoms with Crippen LogP contribution in [0.3, 0.4) is 0 Å². The van der Waals surface area contributed by atoms with Crippen LogP contribution in [0, 0.1) is 0 Å². The Morgan fingerprint density at radius 3 is 2.59 bits per heavy atom. The molecule has 1 aliphatic heterocycles. The van der Waals surface area contributed by atoms with Crippen LogP contribution in [0.25, 0.3) is 21.8 Å². The van der Waals surface area contributed by atoms with Crippen LogP contribution in [-0.2, 0) is 11.3 Å². The maximum absolute atomic E-state index is 12.0. The van der Waals surface area contributed by atoms with Crippen molar-refractivity contribution in [3.63, 3.8) is 0 Å². The number of aromatic nitrogens is 1. The molecule has 5 rings (SSSR count). The van der Waals surface area contributed by atoms with Crippen molar-refractivity contribution in [2.75, 3.05) is 13.4 Å². The second kappa shape index (κ2) is 9.11. The molecule has 3 aromatic carbocycles. The summed E-state index contributed by atoms with van der Waals surface area (Å²) in [6, 6.07) is 23.2. The highest BCUT2D eigenvalue weighted by Crippen LogP contribution is 2.37. The SMILES string of the molecule is O=C(COc1ccccc1)NCc1ccc(-c2nc(-c3ccc4c(c3)OCO4)cs2)cc1. The molecule has 0 bridgehead atoms. The van der Waals surface area contributed by atoms with Gasteiger partial charge < -0.3 is 19.5 Å². The zero-order chi connectivity index (χ0) is 21.8. The molecule has 0 atom stereocenters. The summed E-state index contributed by atoms with van der Waals surface area (Å²) in [6.45, 7) is 0.690. The van der Waals surface area contributed by atoms with Crippen molar-refractivity contribution in [3.8, 4) is 39.1 Å². The van der Waals surface area contributed by atoms with E-state index < -0.39 is 0 Å². The second-order valence-electron chi connectivity index (χ2n) is 7.18. The van der Waals surface area contributed by atoms with E-state index in [-0.39, 0.29) is 19.3 Å². The Balaban J connectivity index is 1.17. The molecule has 0 aliphatic carbocycles. The average Bonchev–Trinajstić information content (AvgIpc) is 3.52. The molecule has 1 aromatic heterocycles. The number of para-hydroxylation sites is 1. The molecule has 0 saturated heterocycles. The molecule has 0 radical (unpaired) electrons. The van der Waals surface area contributed by atoms with Crippen LogP contribution >= 0.6 is 11.3 Å². The number of ether oxygens (including phenoxy) is 3. The van der Waals surface area contributed by atoms with Gasteiger partial charge >= 0.3 is 0 Å². The smallest absolute Gasteiger partial charge is 0.258 e. The molecule has 2 heterocycles. The molecule has 1 aliphatic rings. The first-order valence-electron chi connectivity index (χ1n) is 10.1. The lowest BCUT2D eigenvalue weighted by Crippen LogP contribution is -2.28. The summed E-state index contributed by atoms with van der Waals surface area (Å²) in [7, 11) is 0. The summed E-state index contributed by atoms with van der Waals surface area (Å²) in [5.74, 6) is 2.03. The normalized spacial score (nSPS) is 11.9. The van der Waals surface area contributed by atoms with Crippen LogP contribution < -0.4 is 19.5 Å². The summed E-state index contributed by atoms with van der Waals surface area (Å²) >= 11 is 1.59. The van der Waals surface area contributed by atoms with Gasteiger partial charge in [0.25, 0.3) is 5.91 Å². The fourth-order valence-electron chi connectivity index (χ4n) is 3.28. The highest BCUT2D eigenvalue weighted by atomic mass is 32.1. The molecule has 160 valence electrons. The van der Waals surface area contributed by atoms with Gasteiger partial charge in [-0.25, -0.2) is 4.98 Å². The van der Waals surface area contributed by atoms with Crippen molar-refractivity contribution in [1.82, 2.24) is 10.3 Å². The van der Waals surface area contributed by atoms with Gasteiger partial charge in [-0.15, -0.1) is 11.3 Å². The van der Waals surface area contributed by atoms with Crippen molar-refractivity contribution < 1.29 is 19.0 Å². The Hall–Kier alpha value is -3.84. The van der Waals surface area contributed by atoms with Crippen molar-refractivity contribution in [1.29, 1.82) is 0 Å². The molecule has 0 spiro atoms. The van der Waals surface area contributed by atoms with Crippen molar-refractivity contribution in [3.05, 3.63) is 83.7 Å². The van der Waals surface area contributed by atoms with Crippen molar-refractivity contribution >= 4 is 17.2 Å². The van der Waals surface area contributed by atoms with Crippen LogP contribution in [-0.4, -0.2) is 24.3 Å². The monoisotopic (exact) mass is 444 g/mol. The molecule has 1 N–H and O–H groups in total. The van der Waals surface area contributed by atoms with Crippen molar-refractivity contribution in [2.24, 2.45) is 0 Å². The summed E-state index contributed by atoms with van der Waals surface area (Å²) in [4.78, 5) is 16.8. The van der Waals surface area contributed by atoms with Gasteiger partial charge in [0.2, 0.25) is 6.79 Å². The van der Waals surface area contributed by atoms with Gasteiger partial charge in [-0.1, -0.05) is 42.5 Å². The number of hydrogen-bond donors (Lipinski definition) is 1. The third-order valence-corrected chi connectivity index (χ3v) is 5.87. The fraction of sp³-hybridized carbons (Fsp3) is 0.120. The number of benzene rings is 3. The molecule has 1 amide bonds. The molecule has 0 fully saturated rings. The van der Waals surface area contributed by atoms with Gasteiger partial charge in [-0.05, 0) is 35.9 Å². The molecule has 32 heavy (non-hydrogen) atoms. The van der Waals surface area contributed by atoms with Gasteiger partial charge in [0.1, 0.15) is 10.8 Å². The van der Waals surface area contributed by atoms with Crippen LogP contribution in [0.15, 0.2) is 78.2 Å². The molecule has 4 aromatic rings. The first-order chi connectivity index (χ1) is 15.7. The third kappa shape index (κ3) is 4.58. The highest BCUT2D eigenvalue weighted by molar-refractivity contribution is 7.13. The predicted molar refractivity (Wildman–Crippen MR) is 123 cm³/mol. The average molecular weight is 445 g/mol. The minimum absolute atomic E-state index is 0.0101. The number of hydrogen-bond acceptors (Lipinski definition) is 6. The van der Waals surface area contributed by atoms with Crippen LogP contribution in [0.2, 0.25) is 0 Å². The molecule has 7 heteroatoms. The summed E-state index contributed by atoms with van der Waals surface area (Å²) < 4.78 is 16.3. The van der Waals surface area contributed by atoms with Crippen LogP contribution in [0.4, 0.5) is 0 Å². The molecule has 6 nitrogen and oxygen atoms in total. The number of nitrogens with one attached hydrogen (secondary N) is 1. The van der Waals surface area contributed by atoms with Gasteiger partial charge in [0.15, 0.2) is 18.1 Å². The zero-order valence-electron chi connectivity index (χ0n) is 17.1. The summed E-state index contributed by atoms with van der Waals surface area (Å²) in [5, 5.41) is 5.85. The second-order valence-corrected chi connectivity index (χ2v) is 8.04. The lowest BCUT2D eigenvalue weighted by Gasteiger charge is -2.08. The number of fused-ring (bicyclic) bond motifs is 1. The molecule has 0 unspecified atom stereocenters. The first kappa shape index (κ1) is 20.1. The maximum Gasteiger partial charge on any atom is 0.258 e. The molecular weight excluding hydrogens is 424 g/mol. The van der Waals surface area contributed by atoms with E-state index in [2.05, 4.69) is 5.32 Å². The van der Waals surface area contributed by atoms with E-state index in [0.29, 0.717) is 12.3 Å². The minimum atomic E-state index is -0.161. The van der Waals surface area contributed by atoms with Gasteiger partial charge in [-0.3, -0.25) is 4.79 Å². The van der Waals surface area contributed by atoms with Crippen LogP contribution in [0.5, 0.6) is 17.2 Å². The molecular formula is C25H20N2O4S. The fourth-order valence-corrected chi connectivity index (χ4v) is 4.11. The Morgan fingerprint density at radius 1 is 0.969 bits per heavy atom. The topological polar surface area (TPSA) is 69.7 Å². The van der Waals surface area contributed by atoms with Crippen LogP contribution in [0.1, 0.15) is 5.56 Å². The Morgan fingerprint density at radius 2 is 1.75 bits per heavy atom. The van der Waals surface area contributed by atoms with E-state index in [1.807, 2.05) is 78.2 Å². The van der Waals surface area contributed by atoms with Gasteiger partial charge in [0, 0.05) is 23.1 Å². The highest BCUT2D eigenvalue weighted by Gasteiger charge is 2.15. The number of nitrogens with zero attached hydrogens (tertiary/aromatic N) is 1. The lowest BCUT2D eigenvalue weighted by molar-refractivity contribution is -0.123. The number of thiazole rings is 1. The van der Waals surface area contributed by atoms with E-state index in [1.54, 1.807) is 11.3 Å². The lowest BCUT2D eigenvalue weighted by atomic mass is 10.1. The maximum atomic E-state index is 12.0. The van der Waals surface area contributed by atoms with Gasteiger partial charge in [-0.2, -0.15) is 0 Å². The summed E-state index contributed by atoms with van der Waals surface area (Å²) in [5.41, 5.74) is 3.94. The zero-order valence-corrected chi connectivity index (χ0v) is 17.9. The Kier molecular flexibility index (Phi) is 5.72. The number of amides is 1. The number of carbonyl (C=O) groups excluding carboxylic acids is 1. The predicted octanol–water partition coefficient (Wildman–Crippen LogP) is 4.90. The van der Waals surface area contributed by atoms with E-state index in [4.69, 9.17) is 19.2 Å².